The molecule has 2 heteroatoms. The molecule has 0 atom stereocenters. The summed E-state index contributed by atoms with van der Waals surface area (Å²) < 4.78 is 4.98. The van der Waals surface area contributed by atoms with E-state index >= 15 is 0 Å². The molecular formula is C38H22N2. The van der Waals surface area contributed by atoms with E-state index in [9.17, 15) is 0 Å². The average molecular weight is 507 g/mol. The molecule has 2 nitrogen and oxygen atoms in total. The maximum absolute atomic E-state index is 2.53. The Labute approximate surface area is 229 Å². The van der Waals surface area contributed by atoms with E-state index < -0.39 is 0 Å². The molecule has 0 spiro atoms. The largest absolute Gasteiger partial charge is 0.309 e. The molecule has 0 bridgehead atoms. The molecule has 0 amide bonds. The fourth-order valence-electron chi connectivity index (χ4n) is 7.29. The van der Waals surface area contributed by atoms with Gasteiger partial charge in [-0.2, -0.15) is 0 Å². The lowest BCUT2D eigenvalue weighted by molar-refractivity contribution is 1.18. The van der Waals surface area contributed by atoms with Crippen LogP contribution >= 0.6 is 0 Å². The van der Waals surface area contributed by atoms with E-state index in [1.165, 1.54) is 87.1 Å². The third-order valence-corrected chi connectivity index (χ3v) is 8.94. The zero-order valence-corrected chi connectivity index (χ0v) is 21.6. The van der Waals surface area contributed by atoms with Crippen molar-refractivity contribution < 1.29 is 0 Å². The van der Waals surface area contributed by atoms with Gasteiger partial charge in [0.2, 0.25) is 0 Å². The highest BCUT2D eigenvalue weighted by Crippen LogP contribution is 2.47. The molecule has 184 valence electrons. The third-order valence-electron chi connectivity index (χ3n) is 8.94. The summed E-state index contributed by atoms with van der Waals surface area (Å²) in [5.74, 6) is 0. The van der Waals surface area contributed by atoms with Gasteiger partial charge in [-0.05, 0) is 70.1 Å². The van der Waals surface area contributed by atoms with Crippen molar-refractivity contribution in [3.8, 4) is 5.69 Å². The van der Waals surface area contributed by atoms with Crippen molar-refractivity contribution in [3.05, 3.63) is 133 Å². The van der Waals surface area contributed by atoms with Crippen LogP contribution in [0.1, 0.15) is 0 Å². The second kappa shape index (κ2) is 7.19. The van der Waals surface area contributed by atoms with E-state index in [1.807, 2.05) is 0 Å². The second-order valence-electron chi connectivity index (χ2n) is 11.0. The highest BCUT2D eigenvalue weighted by atomic mass is 15.0. The first kappa shape index (κ1) is 20.6. The van der Waals surface area contributed by atoms with E-state index in [4.69, 9.17) is 0 Å². The van der Waals surface area contributed by atoms with Crippen molar-refractivity contribution >= 4 is 81.4 Å². The first-order valence-corrected chi connectivity index (χ1v) is 13.9. The number of benzene rings is 7. The standard InChI is InChI=1S/C38H22N2/c1-2-14-27(15-3-1)39-32-17-9-8-16-28(32)36-35(39)22-30-29-18-23-10-4-6-12-25(23)20-33(29)40-34-21-26-13-7-5-11-24(26)19-31(34)37(36)38(30)40/h1-22H. The summed E-state index contributed by atoms with van der Waals surface area (Å²) in [6.07, 6.45) is 0. The Morgan fingerprint density at radius 1 is 0.350 bits per heavy atom. The summed E-state index contributed by atoms with van der Waals surface area (Å²) in [7, 11) is 0. The van der Waals surface area contributed by atoms with Gasteiger partial charge in [0.1, 0.15) is 0 Å². The molecule has 0 N–H and O–H groups in total. The summed E-state index contributed by atoms with van der Waals surface area (Å²) >= 11 is 0. The molecule has 0 radical (unpaired) electrons. The van der Waals surface area contributed by atoms with Crippen molar-refractivity contribution in [1.29, 1.82) is 0 Å². The van der Waals surface area contributed by atoms with Crippen LogP contribution in [0.5, 0.6) is 0 Å². The van der Waals surface area contributed by atoms with Crippen LogP contribution in [-0.4, -0.2) is 8.97 Å². The molecule has 0 saturated heterocycles. The van der Waals surface area contributed by atoms with Crippen molar-refractivity contribution in [2.75, 3.05) is 0 Å². The Kier molecular flexibility index (Phi) is 3.70. The van der Waals surface area contributed by atoms with E-state index in [0.717, 1.165) is 0 Å². The Morgan fingerprint density at radius 2 is 0.925 bits per heavy atom. The molecule has 40 heavy (non-hydrogen) atoms. The number of nitrogens with zero attached hydrogens (tertiary/aromatic N) is 2. The molecule has 10 aromatic rings. The summed E-state index contributed by atoms with van der Waals surface area (Å²) in [5.41, 5.74) is 7.54. The SMILES string of the molecule is c1ccc(-n2c3ccccc3c3c4c5cc6ccccc6cc5n5c6cc7ccccc7cc6c(cc32)c45)cc1. The van der Waals surface area contributed by atoms with Crippen LogP contribution in [0.15, 0.2) is 133 Å². The van der Waals surface area contributed by atoms with Crippen LogP contribution < -0.4 is 0 Å². The first-order chi connectivity index (χ1) is 19.8. The van der Waals surface area contributed by atoms with Crippen molar-refractivity contribution in [3.63, 3.8) is 0 Å². The number of rotatable bonds is 1. The third kappa shape index (κ3) is 2.45. The van der Waals surface area contributed by atoms with E-state index in [0.29, 0.717) is 0 Å². The van der Waals surface area contributed by atoms with Crippen LogP contribution in [0.25, 0.3) is 87.1 Å². The average Bonchev–Trinajstić information content (AvgIpc) is 3.62. The Morgan fingerprint density at radius 3 is 1.65 bits per heavy atom. The van der Waals surface area contributed by atoms with E-state index in [1.54, 1.807) is 0 Å². The van der Waals surface area contributed by atoms with Gasteiger partial charge in [-0.15, -0.1) is 0 Å². The molecule has 3 heterocycles. The topological polar surface area (TPSA) is 9.34 Å². The van der Waals surface area contributed by atoms with E-state index in [-0.39, 0.29) is 0 Å². The van der Waals surface area contributed by atoms with Gasteiger partial charge in [0.15, 0.2) is 0 Å². The van der Waals surface area contributed by atoms with Gasteiger partial charge >= 0.3 is 0 Å². The van der Waals surface area contributed by atoms with Crippen molar-refractivity contribution in [2.45, 2.75) is 0 Å². The molecule has 3 aromatic heterocycles. The van der Waals surface area contributed by atoms with Crippen LogP contribution in [0.3, 0.4) is 0 Å². The minimum Gasteiger partial charge on any atom is -0.309 e. The smallest absolute Gasteiger partial charge is 0.0628 e. The van der Waals surface area contributed by atoms with Gasteiger partial charge in [0.05, 0.1) is 27.6 Å². The van der Waals surface area contributed by atoms with Crippen molar-refractivity contribution in [2.24, 2.45) is 0 Å². The molecular weight excluding hydrogens is 484 g/mol. The quantitative estimate of drug-likeness (QED) is 0.209. The predicted octanol–water partition coefficient (Wildman–Crippen LogP) is 10.2. The monoisotopic (exact) mass is 506 g/mol. The van der Waals surface area contributed by atoms with Gasteiger partial charge in [-0.25, -0.2) is 0 Å². The fourth-order valence-corrected chi connectivity index (χ4v) is 7.29. The lowest BCUT2D eigenvalue weighted by Gasteiger charge is -2.08. The Balaban J connectivity index is 1.56. The predicted molar refractivity (Wildman–Crippen MR) is 170 cm³/mol. The lowest BCUT2D eigenvalue weighted by atomic mass is 9.99. The van der Waals surface area contributed by atoms with Crippen LogP contribution in [0.4, 0.5) is 0 Å². The minimum atomic E-state index is 1.19. The molecule has 0 aliphatic heterocycles. The maximum Gasteiger partial charge on any atom is 0.0628 e. The van der Waals surface area contributed by atoms with Gasteiger partial charge in [-0.3, -0.25) is 0 Å². The molecule has 0 saturated carbocycles. The molecule has 0 unspecified atom stereocenters. The maximum atomic E-state index is 2.53. The number of hydrogen-bond donors (Lipinski definition) is 0. The summed E-state index contributed by atoms with van der Waals surface area (Å²) in [6, 6.07) is 49.2. The number of aromatic nitrogens is 2. The van der Waals surface area contributed by atoms with Crippen molar-refractivity contribution in [1.82, 2.24) is 8.97 Å². The number of fused-ring (bicyclic) bond motifs is 12. The minimum absolute atomic E-state index is 1.19. The molecule has 0 aliphatic carbocycles. The molecule has 10 rings (SSSR count). The first-order valence-electron chi connectivity index (χ1n) is 13.9. The summed E-state index contributed by atoms with van der Waals surface area (Å²) in [4.78, 5) is 0. The summed E-state index contributed by atoms with van der Waals surface area (Å²) in [5, 5.41) is 13.0. The second-order valence-corrected chi connectivity index (χ2v) is 11.0. The normalized spacial score (nSPS) is 12.5. The fraction of sp³-hybridized carbons (Fsp3) is 0. The lowest BCUT2D eigenvalue weighted by Crippen LogP contribution is -1.92. The number of hydrogen-bond acceptors (Lipinski definition) is 0. The van der Waals surface area contributed by atoms with Gasteiger partial charge in [0.25, 0.3) is 0 Å². The van der Waals surface area contributed by atoms with Crippen LogP contribution in [-0.2, 0) is 0 Å². The zero-order valence-electron chi connectivity index (χ0n) is 21.6. The van der Waals surface area contributed by atoms with Gasteiger partial charge in [0, 0.05) is 38.0 Å². The molecule has 0 aliphatic rings. The molecule has 7 aromatic carbocycles. The Bertz CT molecular complexity index is 2630. The highest BCUT2D eigenvalue weighted by molar-refractivity contribution is 6.36. The Hall–Kier alpha value is -5.34. The zero-order chi connectivity index (χ0) is 25.9. The van der Waals surface area contributed by atoms with Crippen LogP contribution in [0, 0.1) is 0 Å². The number of para-hydroxylation sites is 2. The highest BCUT2D eigenvalue weighted by Gasteiger charge is 2.24. The van der Waals surface area contributed by atoms with Gasteiger partial charge in [-0.1, -0.05) is 84.9 Å². The van der Waals surface area contributed by atoms with Crippen LogP contribution in [0.2, 0.25) is 0 Å². The summed E-state index contributed by atoms with van der Waals surface area (Å²) in [6.45, 7) is 0. The van der Waals surface area contributed by atoms with E-state index in [2.05, 4.69) is 142 Å². The molecule has 0 fully saturated rings. The van der Waals surface area contributed by atoms with Gasteiger partial charge < -0.3 is 8.97 Å².